The Morgan fingerprint density at radius 2 is 2.00 bits per heavy atom. The van der Waals surface area contributed by atoms with Crippen molar-refractivity contribution >= 4 is 29.6 Å². The lowest BCUT2D eigenvalue weighted by atomic mass is 10.2. The third-order valence-corrected chi connectivity index (χ3v) is 4.87. The number of para-hydroxylation sites is 1. The SMILES string of the molecule is CCCOc1ccccc1/C=N/n1cnnc1SCc1ccccc1Cl. The average molecular weight is 387 g/mol. The number of halogens is 1. The quantitative estimate of drug-likeness (QED) is 0.408. The minimum absolute atomic E-state index is 0.677. The van der Waals surface area contributed by atoms with Gasteiger partial charge in [-0.3, -0.25) is 0 Å². The molecule has 5 nitrogen and oxygen atoms in total. The lowest BCUT2D eigenvalue weighted by molar-refractivity contribution is 0.317. The van der Waals surface area contributed by atoms with Crippen LogP contribution >= 0.6 is 23.4 Å². The number of hydrogen-bond donors (Lipinski definition) is 0. The zero-order chi connectivity index (χ0) is 18.2. The molecule has 0 N–H and O–H groups in total. The molecule has 7 heteroatoms. The van der Waals surface area contributed by atoms with Crippen LogP contribution in [0.4, 0.5) is 0 Å². The predicted molar refractivity (Wildman–Crippen MR) is 106 cm³/mol. The number of hydrogen-bond acceptors (Lipinski definition) is 5. The van der Waals surface area contributed by atoms with Crippen LogP contribution in [0.1, 0.15) is 24.5 Å². The number of nitrogens with zero attached hydrogens (tertiary/aromatic N) is 4. The van der Waals surface area contributed by atoms with Gasteiger partial charge in [-0.2, -0.15) is 9.78 Å². The summed E-state index contributed by atoms with van der Waals surface area (Å²) in [5.41, 5.74) is 1.97. The van der Waals surface area contributed by atoms with Gasteiger partial charge in [-0.1, -0.05) is 60.6 Å². The van der Waals surface area contributed by atoms with Gasteiger partial charge in [-0.15, -0.1) is 10.2 Å². The van der Waals surface area contributed by atoms with Crippen molar-refractivity contribution in [3.63, 3.8) is 0 Å². The van der Waals surface area contributed by atoms with Crippen LogP contribution in [0.15, 0.2) is 65.1 Å². The smallest absolute Gasteiger partial charge is 0.212 e. The first-order valence-electron chi connectivity index (χ1n) is 8.30. The Hall–Kier alpha value is -2.31. The van der Waals surface area contributed by atoms with Crippen molar-refractivity contribution in [1.82, 2.24) is 14.9 Å². The molecule has 0 bridgehead atoms. The molecular formula is C19H19ClN4OS. The Bertz CT molecular complexity index is 881. The van der Waals surface area contributed by atoms with Crippen molar-refractivity contribution in [1.29, 1.82) is 0 Å². The van der Waals surface area contributed by atoms with E-state index in [9.17, 15) is 0 Å². The van der Waals surface area contributed by atoms with Gasteiger partial charge in [0.2, 0.25) is 5.16 Å². The molecule has 0 saturated carbocycles. The van der Waals surface area contributed by atoms with Crippen molar-refractivity contribution in [3.8, 4) is 5.75 Å². The van der Waals surface area contributed by atoms with Crippen molar-refractivity contribution < 1.29 is 4.74 Å². The van der Waals surface area contributed by atoms with E-state index in [0.717, 1.165) is 28.3 Å². The molecule has 0 atom stereocenters. The summed E-state index contributed by atoms with van der Waals surface area (Å²) in [6.07, 6.45) is 4.30. The molecule has 0 spiro atoms. The van der Waals surface area contributed by atoms with Gasteiger partial charge in [0, 0.05) is 16.3 Å². The molecule has 26 heavy (non-hydrogen) atoms. The van der Waals surface area contributed by atoms with E-state index < -0.39 is 0 Å². The Labute approximate surface area is 162 Å². The second-order valence-electron chi connectivity index (χ2n) is 5.47. The predicted octanol–water partition coefficient (Wildman–Crippen LogP) is 4.89. The van der Waals surface area contributed by atoms with E-state index >= 15 is 0 Å². The van der Waals surface area contributed by atoms with Gasteiger partial charge >= 0.3 is 0 Å². The first-order valence-corrected chi connectivity index (χ1v) is 9.66. The molecule has 2 aromatic carbocycles. The number of aromatic nitrogens is 3. The summed E-state index contributed by atoms with van der Waals surface area (Å²) >= 11 is 7.74. The van der Waals surface area contributed by atoms with E-state index in [0.29, 0.717) is 17.5 Å². The highest BCUT2D eigenvalue weighted by atomic mass is 35.5. The highest BCUT2D eigenvalue weighted by molar-refractivity contribution is 7.98. The maximum atomic E-state index is 6.20. The Morgan fingerprint density at radius 3 is 2.85 bits per heavy atom. The van der Waals surface area contributed by atoms with E-state index in [1.54, 1.807) is 17.2 Å². The number of benzene rings is 2. The summed E-state index contributed by atoms with van der Waals surface area (Å²) < 4.78 is 7.40. The molecule has 3 aromatic rings. The fourth-order valence-corrected chi connectivity index (χ4v) is 3.36. The van der Waals surface area contributed by atoms with E-state index in [1.165, 1.54) is 11.8 Å². The molecular weight excluding hydrogens is 368 g/mol. The van der Waals surface area contributed by atoms with Crippen LogP contribution in [0.3, 0.4) is 0 Å². The minimum atomic E-state index is 0.677. The van der Waals surface area contributed by atoms with Gasteiger partial charge in [0.1, 0.15) is 12.1 Å². The third kappa shape index (κ3) is 4.86. The molecule has 3 rings (SSSR count). The molecule has 0 aliphatic carbocycles. The number of rotatable bonds is 8. The second kappa shape index (κ2) is 9.40. The first kappa shape index (κ1) is 18.5. The van der Waals surface area contributed by atoms with Crippen LogP contribution in [-0.4, -0.2) is 27.7 Å². The Morgan fingerprint density at radius 1 is 1.19 bits per heavy atom. The maximum absolute atomic E-state index is 6.20. The second-order valence-corrected chi connectivity index (χ2v) is 6.82. The highest BCUT2D eigenvalue weighted by Crippen LogP contribution is 2.25. The van der Waals surface area contributed by atoms with Gasteiger partial charge in [0.15, 0.2) is 0 Å². The molecule has 0 aliphatic rings. The van der Waals surface area contributed by atoms with E-state index in [-0.39, 0.29) is 0 Å². The van der Waals surface area contributed by atoms with Crippen LogP contribution < -0.4 is 4.74 Å². The largest absolute Gasteiger partial charge is 0.493 e. The summed E-state index contributed by atoms with van der Waals surface area (Å²) in [7, 11) is 0. The first-order chi connectivity index (χ1) is 12.8. The van der Waals surface area contributed by atoms with E-state index in [1.807, 2.05) is 48.5 Å². The van der Waals surface area contributed by atoms with Gasteiger partial charge in [0.25, 0.3) is 0 Å². The molecule has 134 valence electrons. The monoisotopic (exact) mass is 386 g/mol. The van der Waals surface area contributed by atoms with Crippen LogP contribution in [0.25, 0.3) is 0 Å². The summed E-state index contributed by atoms with van der Waals surface area (Å²) in [6, 6.07) is 15.6. The normalized spacial score (nSPS) is 11.2. The fraction of sp³-hybridized carbons (Fsp3) is 0.211. The maximum Gasteiger partial charge on any atom is 0.212 e. The number of ether oxygens (including phenoxy) is 1. The number of thioether (sulfide) groups is 1. The molecule has 0 aliphatic heterocycles. The van der Waals surface area contributed by atoms with Crippen LogP contribution in [-0.2, 0) is 5.75 Å². The summed E-state index contributed by atoms with van der Waals surface area (Å²) in [5, 5.41) is 14.0. The molecule has 0 saturated heterocycles. The van der Waals surface area contributed by atoms with Gasteiger partial charge in [-0.25, -0.2) is 0 Å². The average Bonchev–Trinajstić information content (AvgIpc) is 3.12. The van der Waals surface area contributed by atoms with Gasteiger partial charge in [0.05, 0.1) is 12.8 Å². The summed E-state index contributed by atoms with van der Waals surface area (Å²) in [4.78, 5) is 0. The lowest BCUT2D eigenvalue weighted by Gasteiger charge is -2.07. The molecule has 0 fully saturated rings. The topological polar surface area (TPSA) is 52.3 Å². The van der Waals surface area contributed by atoms with Gasteiger partial charge < -0.3 is 4.74 Å². The minimum Gasteiger partial charge on any atom is -0.493 e. The van der Waals surface area contributed by atoms with E-state index in [4.69, 9.17) is 16.3 Å². The third-order valence-electron chi connectivity index (χ3n) is 3.52. The van der Waals surface area contributed by atoms with Crippen LogP contribution in [0, 0.1) is 0 Å². The van der Waals surface area contributed by atoms with Crippen molar-refractivity contribution in [2.45, 2.75) is 24.3 Å². The summed E-state index contributed by atoms with van der Waals surface area (Å²) in [5.74, 6) is 1.51. The van der Waals surface area contributed by atoms with Crippen molar-refractivity contribution in [2.24, 2.45) is 5.10 Å². The molecule has 1 aromatic heterocycles. The van der Waals surface area contributed by atoms with E-state index in [2.05, 4.69) is 22.2 Å². The highest BCUT2D eigenvalue weighted by Gasteiger charge is 2.07. The van der Waals surface area contributed by atoms with Crippen LogP contribution in [0.5, 0.6) is 5.75 Å². The van der Waals surface area contributed by atoms with Crippen molar-refractivity contribution in [2.75, 3.05) is 6.61 Å². The van der Waals surface area contributed by atoms with Gasteiger partial charge in [-0.05, 0) is 30.2 Å². The zero-order valence-electron chi connectivity index (χ0n) is 14.4. The molecule has 0 radical (unpaired) electrons. The van der Waals surface area contributed by atoms with Crippen LogP contribution in [0.2, 0.25) is 5.02 Å². The zero-order valence-corrected chi connectivity index (χ0v) is 16.0. The summed E-state index contributed by atoms with van der Waals surface area (Å²) in [6.45, 7) is 2.76. The van der Waals surface area contributed by atoms with Crippen molar-refractivity contribution in [3.05, 3.63) is 71.0 Å². The molecule has 0 amide bonds. The molecule has 1 heterocycles. The fourth-order valence-electron chi connectivity index (χ4n) is 2.21. The molecule has 0 unspecified atom stereocenters. The standard InChI is InChI=1S/C19H19ClN4OS/c1-2-11-25-18-10-6-4-7-15(18)12-22-24-14-21-23-19(24)26-13-16-8-3-5-9-17(16)20/h3-10,12,14H,2,11,13H2,1H3/b22-12+. The lowest BCUT2D eigenvalue weighted by Crippen LogP contribution is -1.99. The Balaban J connectivity index is 1.71. The Kier molecular flexibility index (Phi) is 6.68.